The molecule has 0 radical (unpaired) electrons. The number of aromatic carboxylic acids is 1. The Labute approximate surface area is 221 Å². The van der Waals surface area contributed by atoms with Crippen LogP contribution in [0.4, 0.5) is 15.9 Å². The van der Waals surface area contributed by atoms with Gasteiger partial charge in [0.2, 0.25) is 5.43 Å². The predicted octanol–water partition coefficient (Wildman–Crippen LogP) is 0.593. The lowest BCUT2D eigenvalue weighted by Gasteiger charge is -2.39. The number of ether oxygens (including phenoxy) is 2. The van der Waals surface area contributed by atoms with Crippen LogP contribution in [0, 0.1) is 5.82 Å². The van der Waals surface area contributed by atoms with E-state index >= 15 is 4.39 Å². The molecule has 0 unspecified atom stereocenters. The van der Waals surface area contributed by atoms with Crippen molar-refractivity contribution >= 4 is 34.3 Å². The highest BCUT2D eigenvalue weighted by molar-refractivity contribution is 5.97. The number of anilines is 2. The molecule has 206 valence electrons. The van der Waals surface area contributed by atoms with Gasteiger partial charge in [0.25, 0.3) is 5.56 Å². The maximum absolute atomic E-state index is 15.5. The van der Waals surface area contributed by atoms with Crippen LogP contribution in [0.5, 0.6) is 5.75 Å². The molecule has 0 bridgehead atoms. The van der Waals surface area contributed by atoms with Gasteiger partial charge in [-0.25, -0.2) is 13.9 Å². The van der Waals surface area contributed by atoms with Crippen LogP contribution in [0.25, 0.3) is 10.9 Å². The summed E-state index contributed by atoms with van der Waals surface area (Å²) in [4.78, 5) is 51.8. The lowest BCUT2D eigenvalue weighted by atomic mass is 10.1. The standard InChI is InChI=1S/C25H27FN6O7/c1-28-14-39-24-21-15(23(35)16(25(36)37)13-32(21)28)12-17(26)22(24)30-10-8-29(9-11-30)18-5-6-19(33)31(27-18)7-3-4-20(34)38-2/h5-6,12-13H,3-4,7-11,14H2,1-2H3,(H,36,37). The highest BCUT2D eigenvalue weighted by Gasteiger charge is 2.31. The molecule has 2 aromatic heterocycles. The minimum absolute atomic E-state index is 0.0297. The number of carboxylic acids is 1. The van der Waals surface area contributed by atoms with Crippen LogP contribution < -0.4 is 30.5 Å². The number of halogens is 1. The molecular weight excluding hydrogens is 515 g/mol. The molecule has 0 spiro atoms. The number of piperazine rings is 1. The van der Waals surface area contributed by atoms with E-state index in [0.29, 0.717) is 43.9 Å². The Hall–Kier alpha value is -4.62. The van der Waals surface area contributed by atoms with E-state index in [-0.39, 0.29) is 48.0 Å². The van der Waals surface area contributed by atoms with Crippen LogP contribution in [0.15, 0.2) is 34.0 Å². The summed E-state index contributed by atoms with van der Waals surface area (Å²) < 4.78 is 28.8. The summed E-state index contributed by atoms with van der Waals surface area (Å²) in [7, 11) is 2.98. The smallest absolute Gasteiger partial charge is 0.341 e. The first kappa shape index (κ1) is 26.0. The van der Waals surface area contributed by atoms with Crippen LogP contribution in [0.2, 0.25) is 0 Å². The summed E-state index contributed by atoms with van der Waals surface area (Å²) in [6.45, 7) is 2.03. The first-order valence-electron chi connectivity index (χ1n) is 12.3. The zero-order valence-electron chi connectivity index (χ0n) is 21.4. The average Bonchev–Trinajstić information content (AvgIpc) is 2.92. The maximum atomic E-state index is 15.5. The largest absolute Gasteiger partial charge is 0.477 e. The molecule has 1 aromatic carbocycles. The summed E-state index contributed by atoms with van der Waals surface area (Å²) in [5.74, 6) is -1.66. The van der Waals surface area contributed by atoms with Crippen molar-refractivity contribution in [1.29, 1.82) is 0 Å². The number of carboxylic acid groups (broad SMARTS) is 1. The first-order chi connectivity index (χ1) is 18.7. The molecule has 2 aliphatic heterocycles. The molecule has 39 heavy (non-hydrogen) atoms. The number of hydrogen-bond acceptors (Lipinski definition) is 10. The molecule has 0 atom stereocenters. The van der Waals surface area contributed by atoms with E-state index in [9.17, 15) is 24.3 Å². The van der Waals surface area contributed by atoms with Crippen LogP contribution in [0.1, 0.15) is 23.2 Å². The van der Waals surface area contributed by atoms with Gasteiger partial charge in [0.15, 0.2) is 18.3 Å². The van der Waals surface area contributed by atoms with Crippen LogP contribution in [-0.4, -0.2) is 78.6 Å². The molecule has 0 saturated carbocycles. The summed E-state index contributed by atoms with van der Waals surface area (Å²) >= 11 is 0. The zero-order valence-corrected chi connectivity index (χ0v) is 21.4. The molecule has 1 fully saturated rings. The van der Waals surface area contributed by atoms with E-state index in [1.165, 1.54) is 28.7 Å². The normalized spacial score (nSPS) is 14.9. The van der Waals surface area contributed by atoms with Crippen LogP contribution in [0.3, 0.4) is 0 Å². The lowest BCUT2D eigenvalue weighted by molar-refractivity contribution is -0.140. The van der Waals surface area contributed by atoms with E-state index in [1.807, 2.05) is 9.80 Å². The van der Waals surface area contributed by atoms with Crippen molar-refractivity contribution in [3.63, 3.8) is 0 Å². The Morgan fingerprint density at radius 2 is 1.87 bits per heavy atom. The van der Waals surface area contributed by atoms with Crippen molar-refractivity contribution in [2.45, 2.75) is 19.4 Å². The summed E-state index contributed by atoms with van der Waals surface area (Å²) in [5.41, 5.74) is -1.01. The summed E-state index contributed by atoms with van der Waals surface area (Å²) in [5, 5.41) is 15.4. The predicted molar refractivity (Wildman–Crippen MR) is 139 cm³/mol. The van der Waals surface area contributed by atoms with Crippen molar-refractivity contribution in [2.75, 3.05) is 61.9 Å². The Kier molecular flexibility index (Phi) is 6.85. The average molecular weight is 543 g/mol. The fourth-order valence-corrected chi connectivity index (χ4v) is 4.87. The SMILES string of the molecule is COC(=O)CCCn1nc(N2CCN(c3c(F)cc4c(=O)c(C(=O)O)cn5c4c3OCN5C)CC2)ccc1=O. The number of rotatable bonds is 7. The Balaban J connectivity index is 1.40. The number of aryl methyl sites for hydroxylation is 1. The Morgan fingerprint density at radius 1 is 1.15 bits per heavy atom. The fourth-order valence-electron chi connectivity index (χ4n) is 4.87. The fraction of sp³-hybridized carbons (Fsp3) is 0.400. The number of methoxy groups -OCH3 is 1. The number of nitrogens with zero attached hydrogens (tertiary/aromatic N) is 6. The second kappa shape index (κ2) is 10.3. The van der Waals surface area contributed by atoms with Gasteiger partial charge < -0.3 is 24.4 Å². The van der Waals surface area contributed by atoms with Crippen molar-refractivity contribution in [2.24, 2.45) is 0 Å². The molecule has 1 saturated heterocycles. The van der Waals surface area contributed by atoms with Gasteiger partial charge in [-0.15, -0.1) is 0 Å². The molecule has 4 heterocycles. The van der Waals surface area contributed by atoms with Crippen molar-refractivity contribution in [3.05, 3.63) is 56.4 Å². The third-order valence-corrected chi connectivity index (χ3v) is 6.90. The number of esters is 1. The molecule has 3 aromatic rings. The molecule has 2 aliphatic rings. The molecular formula is C25H27FN6O7. The van der Waals surface area contributed by atoms with Gasteiger partial charge in [-0.3, -0.25) is 24.1 Å². The van der Waals surface area contributed by atoms with Crippen molar-refractivity contribution in [1.82, 2.24) is 14.5 Å². The van der Waals surface area contributed by atoms with Crippen LogP contribution >= 0.6 is 0 Å². The lowest BCUT2D eigenvalue weighted by Crippen LogP contribution is -2.48. The van der Waals surface area contributed by atoms with Gasteiger partial charge in [-0.1, -0.05) is 0 Å². The third-order valence-electron chi connectivity index (χ3n) is 6.90. The monoisotopic (exact) mass is 542 g/mol. The van der Waals surface area contributed by atoms with E-state index in [4.69, 9.17) is 4.74 Å². The molecule has 14 heteroatoms. The maximum Gasteiger partial charge on any atom is 0.341 e. The molecule has 1 N–H and O–H groups in total. The molecule has 13 nitrogen and oxygen atoms in total. The molecule has 0 aliphatic carbocycles. The number of benzene rings is 1. The second-order valence-corrected chi connectivity index (χ2v) is 9.29. The molecule has 0 amide bonds. The van der Waals surface area contributed by atoms with E-state index in [0.717, 1.165) is 6.07 Å². The van der Waals surface area contributed by atoms with Gasteiger partial charge in [0, 0.05) is 58.5 Å². The van der Waals surface area contributed by atoms with Gasteiger partial charge in [-0.05, 0) is 18.6 Å². The van der Waals surface area contributed by atoms with Crippen molar-refractivity contribution in [3.8, 4) is 5.75 Å². The topological polar surface area (TPSA) is 139 Å². The van der Waals surface area contributed by atoms with Gasteiger partial charge in [0.1, 0.15) is 22.6 Å². The quantitative estimate of drug-likeness (QED) is 0.420. The highest BCUT2D eigenvalue weighted by atomic mass is 19.1. The van der Waals surface area contributed by atoms with Gasteiger partial charge in [0.05, 0.1) is 12.5 Å². The minimum atomic E-state index is -1.39. The van der Waals surface area contributed by atoms with Gasteiger partial charge in [-0.2, -0.15) is 5.10 Å². The number of pyridine rings is 1. The highest BCUT2D eigenvalue weighted by Crippen LogP contribution is 2.40. The zero-order chi connectivity index (χ0) is 27.8. The number of hydrogen-bond donors (Lipinski definition) is 1. The van der Waals surface area contributed by atoms with E-state index < -0.39 is 22.8 Å². The van der Waals surface area contributed by atoms with Crippen LogP contribution in [-0.2, 0) is 16.1 Å². The van der Waals surface area contributed by atoms with Gasteiger partial charge >= 0.3 is 11.9 Å². The van der Waals surface area contributed by atoms with E-state index in [2.05, 4.69) is 9.84 Å². The molecule has 5 rings (SSSR count). The number of aromatic nitrogens is 3. The summed E-state index contributed by atoms with van der Waals surface area (Å²) in [6, 6.07) is 4.13. The third kappa shape index (κ3) is 4.73. The summed E-state index contributed by atoms with van der Waals surface area (Å²) in [6.07, 6.45) is 1.82. The minimum Gasteiger partial charge on any atom is -0.477 e. The Bertz CT molecular complexity index is 1580. The second-order valence-electron chi connectivity index (χ2n) is 9.29. The number of carbonyl (C=O) groups excluding carboxylic acids is 1. The first-order valence-corrected chi connectivity index (χ1v) is 12.3. The Morgan fingerprint density at radius 3 is 2.56 bits per heavy atom. The van der Waals surface area contributed by atoms with E-state index in [1.54, 1.807) is 18.1 Å². The van der Waals surface area contributed by atoms with Crippen molar-refractivity contribution < 1.29 is 28.6 Å². The number of carbonyl (C=O) groups is 2.